The van der Waals surface area contributed by atoms with E-state index in [9.17, 15) is 9.59 Å². The largest absolute Gasteiger partial charge is 0.369 e. The highest BCUT2D eigenvalue weighted by atomic mass is 16.1. The molecular weight excluding hydrogens is 388 g/mol. The Morgan fingerprint density at radius 1 is 1.00 bits per heavy atom. The third-order valence-corrected chi connectivity index (χ3v) is 6.40. The number of carbonyl (C=O) groups is 1. The van der Waals surface area contributed by atoms with Gasteiger partial charge in [0.15, 0.2) is 0 Å². The molecule has 31 heavy (non-hydrogen) atoms. The van der Waals surface area contributed by atoms with Gasteiger partial charge in [-0.15, -0.1) is 0 Å². The van der Waals surface area contributed by atoms with Crippen molar-refractivity contribution in [1.82, 2.24) is 14.8 Å². The zero-order chi connectivity index (χ0) is 21.5. The van der Waals surface area contributed by atoms with Crippen LogP contribution >= 0.6 is 0 Å². The quantitative estimate of drug-likeness (QED) is 0.711. The molecule has 1 amide bonds. The van der Waals surface area contributed by atoms with E-state index in [2.05, 4.69) is 28.2 Å². The molecule has 1 aromatic heterocycles. The van der Waals surface area contributed by atoms with E-state index in [-0.39, 0.29) is 11.5 Å². The van der Waals surface area contributed by atoms with Crippen LogP contribution < -0.4 is 15.8 Å². The van der Waals surface area contributed by atoms with Gasteiger partial charge in [-0.1, -0.05) is 12.1 Å². The van der Waals surface area contributed by atoms with Gasteiger partial charge in [0.1, 0.15) is 0 Å². The Balaban J connectivity index is 1.53. The number of fused-ring (bicyclic) bond motifs is 1. The Morgan fingerprint density at radius 3 is 2.52 bits per heavy atom. The predicted octanol–water partition coefficient (Wildman–Crippen LogP) is 2.94. The Labute approximate surface area is 182 Å². The van der Waals surface area contributed by atoms with Gasteiger partial charge in [-0.2, -0.15) is 0 Å². The molecule has 6 heteroatoms. The van der Waals surface area contributed by atoms with Crippen LogP contribution in [0.4, 0.5) is 5.69 Å². The molecule has 0 atom stereocenters. The number of aryl methyl sites for hydroxylation is 1. The van der Waals surface area contributed by atoms with E-state index in [0.29, 0.717) is 17.0 Å². The zero-order valence-corrected chi connectivity index (χ0v) is 18.1. The fourth-order valence-electron chi connectivity index (χ4n) is 4.18. The summed E-state index contributed by atoms with van der Waals surface area (Å²) >= 11 is 0. The molecule has 2 aliphatic rings. The van der Waals surface area contributed by atoms with Crippen molar-refractivity contribution < 1.29 is 4.79 Å². The van der Waals surface area contributed by atoms with Crippen LogP contribution in [0.3, 0.4) is 0 Å². The van der Waals surface area contributed by atoms with Crippen molar-refractivity contribution in [2.24, 2.45) is 0 Å². The molecule has 2 heterocycles. The number of piperazine rings is 1. The molecule has 5 rings (SSSR count). The van der Waals surface area contributed by atoms with Crippen molar-refractivity contribution >= 4 is 22.4 Å². The maximum absolute atomic E-state index is 13.5. The number of likely N-dealkylation sites (N-methyl/N-ethyl adjacent to an activating group) is 1. The third kappa shape index (κ3) is 3.95. The van der Waals surface area contributed by atoms with Crippen LogP contribution in [0.25, 0.3) is 16.5 Å². The molecule has 1 N–H and O–H groups in total. The van der Waals surface area contributed by atoms with E-state index < -0.39 is 0 Å². The second-order valence-corrected chi connectivity index (χ2v) is 8.80. The van der Waals surface area contributed by atoms with Gasteiger partial charge in [0, 0.05) is 55.1 Å². The Morgan fingerprint density at radius 2 is 1.77 bits per heavy atom. The summed E-state index contributed by atoms with van der Waals surface area (Å²) in [5, 5.41) is 4.65. The van der Waals surface area contributed by atoms with E-state index >= 15 is 0 Å². The lowest BCUT2D eigenvalue weighted by Crippen LogP contribution is -2.44. The van der Waals surface area contributed by atoms with E-state index in [1.807, 2.05) is 49.5 Å². The molecule has 3 aromatic rings. The second kappa shape index (κ2) is 7.85. The number of aromatic nitrogens is 1. The highest BCUT2D eigenvalue weighted by molar-refractivity contribution is 5.95. The van der Waals surface area contributed by atoms with Crippen molar-refractivity contribution in [3.8, 4) is 5.69 Å². The number of nitrogens with zero attached hydrogens (tertiary/aromatic N) is 3. The lowest BCUT2D eigenvalue weighted by Gasteiger charge is -2.34. The van der Waals surface area contributed by atoms with Crippen LogP contribution in [-0.4, -0.2) is 54.6 Å². The van der Waals surface area contributed by atoms with Gasteiger partial charge in [-0.3, -0.25) is 14.2 Å². The van der Waals surface area contributed by atoms with Crippen LogP contribution in [0.15, 0.2) is 53.5 Å². The molecule has 1 aliphatic carbocycles. The van der Waals surface area contributed by atoms with Gasteiger partial charge >= 0.3 is 0 Å². The summed E-state index contributed by atoms with van der Waals surface area (Å²) in [5.74, 6) is -0.0741. The summed E-state index contributed by atoms with van der Waals surface area (Å²) in [6.45, 7) is 5.92. The topological polar surface area (TPSA) is 57.6 Å². The number of benzene rings is 2. The molecule has 0 unspecified atom stereocenters. The van der Waals surface area contributed by atoms with Gasteiger partial charge in [-0.25, -0.2) is 0 Å². The van der Waals surface area contributed by atoms with Crippen molar-refractivity contribution in [2.75, 3.05) is 38.1 Å². The Bertz CT molecular complexity index is 1200. The third-order valence-electron chi connectivity index (χ3n) is 6.40. The summed E-state index contributed by atoms with van der Waals surface area (Å²) in [4.78, 5) is 30.7. The molecule has 0 radical (unpaired) electrons. The van der Waals surface area contributed by atoms with Crippen molar-refractivity contribution in [2.45, 2.75) is 25.8 Å². The van der Waals surface area contributed by atoms with E-state index in [4.69, 9.17) is 0 Å². The molecule has 1 saturated carbocycles. The normalized spacial score (nSPS) is 17.2. The fourth-order valence-corrected chi connectivity index (χ4v) is 4.18. The molecule has 2 fully saturated rings. The average Bonchev–Trinajstić information content (AvgIpc) is 3.59. The van der Waals surface area contributed by atoms with E-state index in [0.717, 1.165) is 61.3 Å². The van der Waals surface area contributed by atoms with Crippen LogP contribution in [0, 0.1) is 6.92 Å². The first-order valence-electron chi connectivity index (χ1n) is 11.0. The summed E-state index contributed by atoms with van der Waals surface area (Å²) in [6, 6.07) is 14.0. The second-order valence-electron chi connectivity index (χ2n) is 8.80. The van der Waals surface area contributed by atoms with Crippen LogP contribution in [0.5, 0.6) is 0 Å². The summed E-state index contributed by atoms with van der Waals surface area (Å²) in [6.07, 6.45) is 3.90. The number of rotatable bonds is 4. The first-order chi connectivity index (χ1) is 15.0. The molecule has 0 spiro atoms. The first-order valence-corrected chi connectivity index (χ1v) is 11.0. The number of hydrogen-bond donors (Lipinski definition) is 1. The minimum atomic E-state index is -0.0741. The standard InChI is InChI=1S/C25H28N4O2/c1-17-3-4-19(24(30)26-20-6-7-20)15-23(17)29-10-9-18-5-8-21(16-22(18)25(29)31)28-13-11-27(2)12-14-28/h3-5,8-10,15-16,20H,6-7,11-14H2,1-2H3,(H,26,30). The van der Waals surface area contributed by atoms with Gasteiger partial charge in [0.2, 0.25) is 0 Å². The minimum Gasteiger partial charge on any atom is -0.369 e. The lowest BCUT2D eigenvalue weighted by molar-refractivity contribution is 0.0951. The highest BCUT2D eigenvalue weighted by Crippen LogP contribution is 2.23. The van der Waals surface area contributed by atoms with Crippen molar-refractivity contribution in [1.29, 1.82) is 0 Å². The summed E-state index contributed by atoms with van der Waals surface area (Å²) in [7, 11) is 2.14. The number of nitrogens with one attached hydrogen (secondary N) is 1. The predicted molar refractivity (Wildman–Crippen MR) is 124 cm³/mol. The zero-order valence-electron chi connectivity index (χ0n) is 18.1. The monoisotopic (exact) mass is 416 g/mol. The number of anilines is 1. The average molecular weight is 417 g/mol. The summed E-state index contributed by atoms with van der Waals surface area (Å²) in [5.41, 5.74) is 3.33. The number of carbonyl (C=O) groups excluding carboxylic acids is 1. The molecule has 160 valence electrons. The van der Waals surface area contributed by atoms with Crippen LogP contribution in [0.2, 0.25) is 0 Å². The van der Waals surface area contributed by atoms with Crippen molar-refractivity contribution in [3.05, 3.63) is 70.1 Å². The maximum atomic E-state index is 13.5. The molecular formula is C25H28N4O2. The Kier molecular flexibility index (Phi) is 5.02. The van der Waals surface area contributed by atoms with Gasteiger partial charge < -0.3 is 15.1 Å². The Hall–Kier alpha value is -3.12. The number of hydrogen-bond acceptors (Lipinski definition) is 4. The lowest BCUT2D eigenvalue weighted by atomic mass is 10.1. The molecule has 6 nitrogen and oxygen atoms in total. The first kappa shape index (κ1) is 19.8. The fraction of sp³-hybridized carbons (Fsp3) is 0.360. The summed E-state index contributed by atoms with van der Waals surface area (Å²) < 4.78 is 1.67. The molecule has 1 aliphatic heterocycles. The smallest absolute Gasteiger partial charge is 0.263 e. The van der Waals surface area contributed by atoms with Gasteiger partial charge in [-0.05, 0) is 68.1 Å². The number of pyridine rings is 1. The van der Waals surface area contributed by atoms with Gasteiger partial charge in [0.25, 0.3) is 11.5 Å². The maximum Gasteiger partial charge on any atom is 0.263 e. The van der Waals surface area contributed by atoms with Crippen LogP contribution in [-0.2, 0) is 0 Å². The molecule has 0 bridgehead atoms. The number of amides is 1. The highest BCUT2D eigenvalue weighted by Gasteiger charge is 2.24. The van der Waals surface area contributed by atoms with Gasteiger partial charge in [0.05, 0.1) is 5.69 Å². The van der Waals surface area contributed by atoms with E-state index in [1.54, 1.807) is 4.57 Å². The van der Waals surface area contributed by atoms with Crippen LogP contribution in [0.1, 0.15) is 28.8 Å². The van der Waals surface area contributed by atoms with Crippen molar-refractivity contribution in [3.63, 3.8) is 0 Å². The molecule has 1 saturated heterocycles. The molecule has 2 aromatic carbocycles. The SMILES string of the molecule is Cc1ccc(C(=O)NC2CC2)cc1-n1ccc2ccc(N3CCN(C)CC3)cc2c1=O. The minimum absolute atomic E-state index is 0.0590. The van der Waals surface area contributed by atoms with E-state index in [1.165, 1.54) is 0 Å².